The summed E-state index contributed by atoms with van der Waals surface area (Å²) in [6, 6.07) is 0. The van der Waals surface area contributed by atoms with E-state index in [0.717, 1.165) is 0 Å². The van der Waals surface area contributed by atoms with Gasteiger partial charge in [0.15, 0.2) is 6.29 Å². The predicted molar refractivity (Wildman–Crippen MR) is 30.0 cm³/mol. The van der Waals surface area contributed by atoms with Crippen molar-refractivity contribution in [2.24, 2.45) is 0 Å². The smallest absolute Gasteiger partial charge is 0.184 e. The van der Waals surface area contributed by atoms with Gasteiger partial charge in [0.2, 0.25) is 0 Å². The van der Waals surface area contributed by atoms with Crippen LogP contribution >= 0.6 is 0 Å². The first-order valence-corrected chi connectivity index (χ1v) is 2.97. The molecule has 0 aromatic carbocycles. The van der Waals surface area contributed by atoms with Crippen LogP contribution in [0.25, 0.3) is 0 Å². The SMILES string of the molecule is OC[C@@H]1OC(O)[C@@H](O)[C@H]1O. The van der Waals surface area contributed by atoms with Crippen LogP contribution in [0.1, 0.15) is 0 Å². The number of hydrogen-bond acceptors (Lipinski definition) is 5. The van der Waals surface area contributed by atoms with Gasteiger partial charge in [-0.3, -0.25) is 0 Å². The van der Waals surface area contributed by atoms with Gasteiger partial charge in [-0.25, -0.2) is 0 Å². The van der Waals surface area contributed by atoms with Crippen molar-refractivity contribution in [2.45, 2.75) is 24.6 Å². The molecular weight excluding hydrogens is 140 g/mol. The average molecular weight is 150 g/mol. The second-order valence-electron chi connectivity index (χ2n) is 2.23. The number of rotatable bonds is 1. The fourth-order valence-electron chi connectivity index (χ4n) is 0.880. The van der Waals surface area contributed by atoms with Gasteiger partial charge in [0, 0.05) is 0 Å². The highest BCUT2D eigenvalue weighted by molar-refractivity contribution is 4.84. The molecule has 10 heavy (non-hydrogen) atoms. The van der Waals surface area contributed by atoms with Gasteiger partial charge in [-0.1, -0.05) is 0 Å². The van der Waals surface area contributed by atoms with Crippen LogP contribution in [0.3, 0.4) is 0 Å². The Labute approximate surface area is 57.5 Å². The highest BCUT2D eigenvalue weighted by Crippen LogP contribution is 2.18. The highest BCUT2D eigenvalue weighted by Gasteiger charge is 2.41. The molecule has 4 N–H and O–H groups in total. The van der Waals surface area contributed by atoms with Crippen molar-refractivity contribution in [2.75, 3.05) is 6.61 Å². The summed E-state index contributed by atoms with van der Waals surface area (Å²) in [6.45, 7) is -0.407. The van der Waals surface area contributed by atoms with E-state index in [0.29, 0.717) is 0 Å². The Kier molecular flexibility index (Phi) is 2.22. The molecule has 0 aromatic heterocycles. The Morgan fingerprint density at radius 3 is 1.90 bits per heavy atom. The van der Waals surface area contributed by atoms with Crippen LogP contribution in [0, 0.1) is 0 Å². The average Bonchev–Trinajstić information content (AvgIpc) is 2.17. The topological polar surface area (TPSA) is 90.2 Å². The van der Waals surface area contributed by atoms with Crippen LogP contribution in [0.15, 0.2) is 0 Å². The maximum absolute atomic E-state index is 8.93. The standard InChI is InChI=1S/C5H10O5/c6-1-2-3(7)4(8)5(9)10-2/h2-9H,1H2/t2-,3-,4-,5?/m0/s1. The minimum Gasteiger partial charge on any atom is -0.394 e. The van der Waals surface area contributed by atoms with Gasteiger partial charge in [-0.2, -0.15) is 0 Å². The van der Waals surface area contributed by atoms with Gasteiger partial charge in [0.1, 0.15) is 18.3 Å². The summed E-state index contributed by atoms with van der Waals surface area (Å²) >= 11 is 0. The van der Waals surface area contributed by atoms with Crippen molar-refractivity contribution in [3.05, 3.63) is 0 Å². The molecule has 4 atom stereocenters. The van der Waals surface area contributed by atoms with Crippen LogP contribution in [0.4, 0.5) is 0 Å². The summed E-state index contributed by atoms with van der Waals surface area (Å²) < 4.78 is 4.54. The molecule has 0 bridgehead atoms. The normalized spacial score (nSPS) is 48.0. The first kappa shape index (κ1) is 7.90. The second kappa shape index (κ2) is 2.81. The Morgan fingerprint density at radius 1 is 1.10 bits per heavy atom. The lowest BCUT2D eigenvalue weighted by atomic mass is 10.1. The van der Waals surface area contributed by atoms with E-state index in [2.05, 4.69) is 4.74 Å². The van der Waals surface area contributed by atoms with E-state index in [9.17, 15) is 0 Å². The molecule has 0 saturated carbocycles. The quantitative estimate of drug-likeness (QED) is 0.329. The van der Waals surface area contributed by atoms with Crippen molar-refractivity contribution in [1.82, 2.24) is 0 Å². The van der Waals surface area contributed by atoms with Crippen LogP contribution in [0.2, 0.25) is 0 Å². The zero-order chi connectivity index (χ0) is 7.72. The summed E-state index contributed by atoms with van der Waals surface area (Å²) in [5.74, 6) is 0. The Morgan fingerprint density at radius 2 is 1.70 bits per heavy atom. The minimum absolute atomic E-state index is 0.407. The summed E-state index contributed by atoms with van der Waals surface area (Å²) in [5, 5.41) is 35.0. The van der Waals surface area contributed by atoms with Crippen LogP contribution in [-0.4, -0.2) is 51.6 Å². The summed E-state index contributed by atoms with van der Waals surface area (Å²) in [7, 11) is 0. The molecule has 1 saturated heterocycles. The minimum atomic E-state index is -1.38. The third-order valence-electron chi connectivity index (χ3n) is 1.52. The molecule has 1 aliphatic rings. The Bertz CT molecular complexity index is 117. The Hall–Kier alpha value is -0.200. The van der Waals surface area contributed by atoms with Crippen LogP contribution < -0.4 is 0 Å². The third kappa shape index (κ3) is 1.14. The fraction of sp³-hybridized carbons (Fsp3) is 1.00. The van der Waals surface area contributed by atoms with Gasteiger partial charge in [0.25, 0.3) is 0 Å². The lowest BCUT2D eigenvalue weighted by molar-refractivity contribution is -0.132. The third-order valence-corrected chi connectivity index (χ3v) is 1.52. The monoisotopic (exact) mass is 150 g/mol. The molecule has 0 aromatic rings. The molecule has 1 fully saturated rings. The van der Waals surface area contributed by atoms with E-state index in [-0.39, 0.29) is 0 Å². The molecule has 0 aliphatic carbocycles. The summed E-state index contributed by atoms with van der Waals surface area (Å²) in [6.07, 6.45) is -4.76. The largest absolute Gasteiger partial charge is 0.394 e. The molecular formula is C5H10O5. The van der Waals surface area contributed by atoms with Gasteiger partial charge >= 0.3 is 0 Å². The maximum atomic E-state index is 8.93. The molecule has 60 valence electrons. The lowest BCUT2D eigenvalue weighted by Crippen LogP contribution is -2.33. The first-order chi connectivity index (χ1) is 4.66. The van der Waals surface area contributed by atoms with Gasteiger partial charge in [-0.15, -0.1) is 0 Å². The van der Waals surface area contributed by atoms with Crippen molar-refractivity contribution < 1.29 is 25.2 Å². The molecule has 5 heteroatoms. The molecule has 1 unspecified atom stereocenters. The first-order valence-electron chi connectivity index (χ1n) is 2.97. The molecule has 1 rings (SSSR count). The molecule has 0 amide bonds. The number of ether oxygens (including phenoxy) is 1. The van der Waals surface area contributed by atoms with Gasteiger partial charge < -0.3 is 25.2 Å². The van der Waals surface area contributed by atoms with E-state index >= 15 is 0 Å². The van der Waals surface area contributed by atoms with Crippen molar-refractivity contribution >= 4 is 0 Å². The van der Waals surface area contributed by atoms with Crippen molar-refractivity contribution in [3.63, 3.8) is 0 Å². The van der Waals surface area contributed by atoms with E-state index < -0.39 is 31.2 Å². The molecule has 1 aliphatic heterocycles. The zero-order valence-electron chi connectivity index (χ0n) is 5.21. The van der Waals surface area contributed by atoms with E-state index in [1.165, 1.54) is 0 Å². The van der Waals surface area contributed by atoms with Gasteiger partial charge in [-0.05, 0) is 0 Å². The van der Waals surface area contributed by atoms with Crippen molar-refractivity contribution in [3.8, 4) is 0 Å². The van der Waals surface area contributed by atoms with Crippen LogP contribution in [0.5, 0.6) is 0 Å². The Balaban J connectivity index is 2.53. The molecule has 1 heterocycles. The predicted octanol–water partition coefficient (Wildman–Crippen LogP) is -2.58. The molecule has 5 nitrogen and oxygen atoms in total. The van der Waals surface area contributed by atoms with E-state index in [1.807, 2.05) is 0 Å². The zero-order valence-corrected chi connectivity index (χ0v) is 5.21. The fourth-order valence-corrected chi connectivity index (χ4v) is 0.880. The lowest BCUT2D eigenvalue weighted by Gasteiger charge is -2.09. The van der Waals surface area contributed by atoms with E-state index in [1.54, 1.807) is 0 Å². The molecule has 0 spiro atoms. The number of hydrogen-bond donors (Lipinski definition) is 4. The summed E-state index contributed by atoms with van der Waals surface area (Å²) in [5.41, 5.74) is 0. The second-order valence-corrected chi connectivity index (χ2v) is 2.23. The number of aliphatic hydroxyl groups is 4. The summed E-state index contributed by atoms with van der Waals surface area (Å²) in [4.78, 5) is 0. The molecule has 0 radical (unpaired) electrons. The maximum Gasteiger partial charge on any atom is 0.184 e. The van der Waals surface area contributed by atoms with Crippen LogP contribution in [-0.2, 0) is 4.74 Å². The number of aliphatic hydroxyl groups excluding tert-OH is 4. The van der Waals surface area contributed by atoms with Crippen molar-refractivity contribution in [1.29, 1.82) is 0 Å². The van der Waals surface area contributed by atoms with E-state index in [4.69, 9.17) is 20.4 Å². The van der Waals surface area contributed by atoms with Gasteiger partial charge in [0.05, 0.1) is 6.61 Å². The highest BCUT2D eigenvalue weighted by atomic mass is 16.6.